The quantitative estimate of drug-likeness (QED) is 0.294. The van der Waals surface area contributed by atoms with Crippen LogP contribution in [0.1, 0.15) is 65.6 Å². The fourth-order valence-electron chi connectivity index (χ4n) is 5.43. The molecule has 210 valence electrons. The Hall–Kier alpha value is -4.00. The van der Waals surface area contributed by atoms with Crippen molar-refractivity contribution >= 4 is 17.4 Å². The summed E-state index contributed by atoms with van der Waals surface area (Å²) in [6.07, 6.45) is 14.5. The number of amides is 1. The third-order valence-electron chi connectivity index (χ3n) is 7.46. The highest BCUT2D eigenvalue weighted by Gasteiger charge is 2.28. The van der Waals surface area contributed by atoms with Crippen LogP contribution in [0.2, 0.25) is 0 Å². The van der Waals surface area contributed by atoms with E-state index < -0.39 is 17.6 Å². The van der Waals surface area contributed by atoms with Gasteiger partial charge in [0.25, 0.3) is 5.91 Å². The number of carbonyl (C=O) groups excluding carboxylic acids is 1. The number of unbranched alkanes of at least 4 members (excludes halogenated alkanes) is 2. The molecule has 0 aliphatic heterocycles. The van der Waals surface area contributed by atoms with Gasteiger partial charge in [-0.3, -0.25) is 9.59 Å². The first-order valence-corrected chi connectivity index (χ1v) is 13.7. The minimum atomic E-state index is -0.977. The van der Waals surface area contributed by atoms with Gasteiger partial charge in [-0.05, 0) is 85.1 Å². The number of carboxylic acid groups (broad SMARTS) is 1. The van der Waals surface area contributed by atoms with Gasteiger partial charge < -0.3 is 15.2 Å². The zero-order valence-electron chi connectivity index (χ0n) is 22.9. The number of rotatable bonds is 11. The van der Waals surface area contributed by atoms with E-state index in [1.807, 2.05) is 37.3 Å². The number of hydrogen-bond acceptors (Lipinski definition) is 3. The molecule has 0 spiro atoms. The van der Waals surface area contributed by atoms with E-state index in [0.29, 0.717) is 37.8 Å². The number of carbonyl (C=O) groups is 2. The number of ether oxygens (including phenoxy) is 1. The van der Waals surface area contributed by atoms with Crippen LogP contribution in [0.4, 0.5) is 8.78 Å². The average molecular weight is 548 g/mol. The highest BCUT2D eigenvalue weighted by Crippen LogP contribution is 2.43. The molecule has 1 unspecified atom stereocenters. The third-order valence-corrected chi connectivity index (χ3v) is 7.46. The molecule has 7 heteroatoms. The van der Waals surface area contributed by atoms with Gasteiger partial charge in [-0.1, -0.05) is 48.9 Å². The zero-order chi connectivity index (χ0) is 28.6. The fraction of sp³-hybridized carbons (Fsp3) is 0.333. The van der Waals surface area contributed by atoms with Crippen molar-refractivity contribution in [2.75, 3.05) is 13.7 Å². The second kappa shape index (κ2) is 13.4. The van der Waals surface area contributed by atoms with Crippen molar-refractivity contribution < 1.29 is 28.2 Å². The molecule has 0 aromatic heterocycles. The molecule has 0 saturated carbocycles. The number of fused-ring (bicyclic) bond motifs is 1. The number of aryl methyl sites for hydroxylation is 1. The van der Waals surface area contributed by atoms with Crippen LogP contribution in [0.15, 0.2) is 71.9 Å². The molecule has 1 atom stereocenters. The van der Waals surface area contributed by atoms with E-state index in [1.54, 1.807) is 6.07 Å². The lowest BCUT2D eigenvalue weighted by atomic mass is 9.77. The van der Waals surface area contributed by atoms with Gasteiger partial charge in [0.05, 0.1) is 7.11 Å². The molecule has 2 N–H and O–H groups in total. The van der Waals surface area contributed by atoms with Crippen LogP contribution in [0, 0.1) is 24.5 Å². The van der Waals surface area contributed by atoms with Gasteiger partial charge in [0.1, 0.15) is 0 Å². The molecule has 2 aromatic carbocycles. The van der Waals surface area contributed by atoms with Gasteiger partial charge in [0.2, 0.25) is 5.82 Å². The molecule has 0 heterocycles. The topological polar surface area (TPSA) is 75.6 Å². The van der Waals surface area contributed by atoms with Crippen LogP contribution in [0.3, 0.4) is 0 Å². The molecule has 0 saturated heterocycles. The van der Waals surface area contributed by atoms with Gasteiger partial charge in [-0.25, -0.2) is 4.39 Å². The number of hydrogen-bond donors (Lipinski definition) is 2. The summed E-state index contributed by atoms with van der Waals surface area (Å²) in [6, 6.07) is 8.87. The standard InChI is InChI=1S/C33H35F2NO4/c1-21-19-22(14-15-24(21)33(39)36-18-7-3-4-13-30(37)38)20-23-9-5-6-10-26-25(23)11-8-12-27(26)28-16-17-29(40-2)32(35)31(28)34/h5-6,9,11-12,14-17,19,26H,3-4,7-8,10,13,18,20H2,1-2H3,(H,36,39)(H,37,38). The number of halogens is 2. The predicted molar refractivity (Wildman–Crippen MR) is 152 cm³/mol. The van der Waals surface area contributed by atoms with Crippen molar-refractivity contribution in [1.29, 1.82) is 0 Å². The number of allylic oxidation sites excluding steroid dienone is 8. The molecule has 2 aliphatic carbocycles. The number of benzene rings is 2. The SMILES string of the molecule is COc1ccc(C2=CCC=C3C(Cc4ccc(C(=O)NCCCCCC(=O)O)c(C)c4)=CC=CCC32)c(F)c1F. The number of nitrogens with one attached hydrogen (secondary N) is 1. The maximum Gasteiger partial charge on any atom is 0.303 e. The second-order valence-corrected chi connectivity index (χ2v) is 10.2. The summed E-state index contributed by atoms with van der Waals surface area (Å²) in [5, 5.41) is 11.6. The Morgan fingerprint density at radius 3 is 2.60 bits per heavy atom. The van der Waals surface area contributed by atoms with Gasteiger partial charge in [0, 0.05) is 30.0 Å². The maximum atomic E-state index is 15.0. The summed E-state index contributed by atoms with van der Waals surface area (Å²) in [6.45, 7) is 2.42. The van der Waals surface area contributed by atoms with Crippen LogP contribution in [-0.4, -0.2) is 30.6 Å². The highest BCUT2D eigenvalue weighted by atomic mass is 19.2. The molecule has 0 bridgehead atoms. The normalized spacial score (nSPS) is 16.3. The lowest BCUT2D eigenvalue weighted by Gasteiger charge is -2.28. The van der Waals surface area contributed by atoms with Crippen molar-refractivity contribution in [3.63, 3.8) is 0 Å². The van der Waals surface area contributed by atoms with Crippen molar-refractivity contribution in [3.05, 3.63) is 106 Å². The van der Waals surface area contributed by atoms with E-state index in [0.717, 1.165) is 40.7 Å². The lowest BCUT2D eigenvalue weighted by Crippen LogP contribution is -2.25. The molecule has 4 rings (SSSR count). The van der Waals surface area contributed by atoms with E-state index in [4.69, 9.17) is 9.84 Å². The van der Waals surface area contributed by atoms with Gasteiger partial charge >= 0.3 is 5.97 Å². The zero-order valence-corrected chi connectivity index (χ0v) is 22.9. The molecule has 5 nitrogen and oxygen atoms in total. The number of aliphatic carboxylic acids is 1. The first kappa shape index (κ1) is 29.0. The summed E-state index contributed by atoms with van der Waals surface area (Å²) in [4.78, 5) is 23.3. The predicted octanol–water partition coefficient (Wildman–Crippen LogP) is 7.12. The molecule has 40 heavy (non-hydrogen) atoms. The molecule has 0 fully saturated rings. The van der Waals surface area contributed by atoms with Crippen molar-refractivity contribution in [1.82, 2.24) is 5.32 Å². The first-order valence-electron chi connectivity index (χ1n) is 13.7. The van der Waals surface area contributed by atoms with Crippen LogP contribution < -0.4 is 10.1 Å². The van der Waals surface area contributed by atoms with Crippen molar-refractivity contribution in [2.24, 2.45) is 5.92 Å². The largest absolute Gasteiger partial charge is 0.494 e. The monoisotopic (exact) mass is 547 g/mol. The van der Waals surface area contributed by atoms with Gasteiger partial charge in [0.15, 0.2) is 11.6 Å². The number of carboxylic acids is 1. The van der Waals surface area contributed by atoms with Gasteiger partial charge in [-0.15, -0.1) is 0 Å². The van der Waals surface area contributed by atoms with Crippen LogP contribution in [0.25, 0.3) is 5.57 Å². The highest BCUT2D eigenvalue weighted by molar-refractivity contribution is 5.95. The van der Waals surface area contributed by atoms with E-state index in [9.17, 15) is 14.0 Å². The molecule has 0 radical (unpaired) electrons. The second-order valence-electron chi connectivity index (χ2n) is 10.2. The lowest BCUT2D eigenvalue weighted by molar-refractivity contribution is -0.137. The molecule has 2 aromatic rings. The Labute approximate surface area is 233 Å². The molecule has 2 aliphatic rings. The van der Waals surface area contributed by atoms with E-state index in [1.165, 1.54) is 13.2 Å². The van der Waals surface area contributed by atoms with E-state index in [2.05, 4.69) is 23.5 Å². The fourth-order valence-corrected chi connectivity index (χ4v) is 5.43. The Balaban J connectivity index is 1.44. The third kappa shape index (κ3) is 6.76. The molecule has 1 amide bonds. The van der Waals surface area contributed by atoms with Crippen LogP contribution in [0.5, 0.6) is 5.75 Å². The Bertz CT molecular complexity index is 1400. The first-order chi connectivity index (χ1) is 19.3. The van der Waals surface area contributed by atoms with Crippen molar-refractivity contribution in [2.45, 2.75) is 51.9 Å². The summed E-state index contributed by atoms with van der Waals surface area (Å²) >= 11 is 0. The molecular weight excluding hydrogens is 512 g/mol. The Morgan fingerprint density at radius 2 is 1.85 bits per heavy atom. The average Bonchev–Trinajstić information content (AvgIpc) is 3.14. The van der Waals surface area contributed by atoms with Crippen LogP contribution in [-0.2, 0) is 11.2 Å². The summed E-state index contributed by atoms with van der Waals surface area (Å²) in [5.41, 5.74) is 5.80. The summed E-state index contributed by atoms with van der Waals surface area (Å²) in [5.74, 6) is -3.02. The summed E-state index contributed by atoms with van der Waals surface area (Å²) < 4.78 is 34.5. The van der Waals surface area contributed by atoms with Crippen molar-refractivity contribution in [3.8, 4) is 5.75 Å². The minimum absolute atomic E-state index is 0.0947. The minimum Gasteiger partial charge on any atom is -0.494 e. The Kier molecular flexibility index (Phi) is 9.70. The summed E-state index contributed by atoms with van der Waals surface area (Å²) in [7, 11) is 1.32. The van der Waals surface area contributed by atoms with Gasteiger partial charge in [-0.2, -0.15) is 4.39 Å². The van der Waals surface area contributed by atoms with E-state index >= 15 is 4.39 Å². The maximum absolute atomic E-state index is 15.0. The van der Waals surface area contributed by atoms with Crippen LogP contribution >= 0.6 is 0 Å². The smallest absolute Gasteiger partial charge is 0.303 e. The number of methoxy groups -OCH3 is 1. The van der Waals surface area contributed by atoms with E-state index in [-0.39, 0.29) is 29.6 Å². The molecular formula is C33H35F2NO4. The Morgan fingerprint density at radius 1 is 1.05 bits per heavy atom.